The molecule has 3 fully saturated rings. The number of likely N-dealkylation sites (tertiary alicyclic amines) is 1. The van der Waals surface area contributed by atoms with Crippen LogP contribution in [0.5, 0.6) is 0 Å². The summed E-state index contributed by atoms with van der Waals surface area (Å²) in [7, 11) is 0. The Labute approximate surface area is 201 Å². The van der Waals surface area contributed by atoms with Crippen LogP contribution in [0, 0.1) is 11.8 Å². The molecule has 0 aromatic rings. The molecule has 3 rings (SSSR count). The number of allylic oxidation sites excluding steroid dienone is 1. The average molecular weight is 479 g/mol. The topological polar surface area (TPSA) is 87.2 Å². The molecule has 3 aliphatic rings. The van der Waals surface area contributed by atoms with E-state index in [0.717, 1.165) is 25.7 Å². The van der Waals surface area contributed by atoms with Gasteiger partial charge in [-0.15, -0.1) is 24.9 Å². The Kier molecular flexibility index (Phi) is 8.32. The number of aliphatic hydroxyl groups is 1. The third kappa shape index (κ3) is 4.48. The van der Waals surface area contributed by atoms with Crippen molar-refractivity contribution in [1.29, 1.82) is 0 Å². The zero-order valence-corrected chi connectivity index (χ0v) is 20.9. The first kappa shape index (κ1) is 25.8. The third-order valence-electron chi connectivity index (χ3n) is 7.26. The summed E-state index contributed by atoms with van der Waals surface area (Å²) in [5, 5.41) is 9.90. The van der Waals surface area contributed by atoms with Crippen molar-refractivity contribution >= 4 is 29.5 Å². The number of thioether (sulfide) groups is 1. The molecular weight excluding hydrogens is 440 g/mol. The van der Waals surface area contributed by atoms with Gasteiger partial charge >= 0.3 is 5.97 Å². The maximum absolute atomic E-state index is 13.9. The maximum atomic E-state index is 13.9. The largest absolute Gasteiger partial charge is 0.465 e. The fourth-order valence-corrected chi connectivity index (χ4v) is 7.90. The molecule has 3 saturated heterocycles. The minimum absolute atomic E-state index is 0.0200. The molecule has 3 aliphatic heterocycles. The Bertz CT molecular complexity index is 787. The van der Waals surface area contributed by atoms with Crippen molar-refractivity contribution in [3.8, 4) is 0 Å². The van der Waals surface area contributed by atoms with E-state index >= 15 is 0 Å². The van der Waals surface area contributed by atoms with Crippen LogP contribution in [-0.2, 0) is 19.1 Å². The van der Waals surface area contributed by atoms with Crippen molar-refractivity contribution in [3.63, 3.8) is 0 Å². The molecule has 7 nitrogen and oxygen atoms in total. The minimum atomic E-state index is -0.708. The van der Waals surface area contributed by atoms with E-state index in [-0.39, 0.29) is 35.7 Å². The molecule has 184 valence electrons. The number of aliphatic hydroxyl groups excluding tert-OH is 1. The zero-order chi connectivity index (χ0) is 24.3. The molecule has 0 aliphatic carbocycles. The quantitative estimate of drug-likeness (QED) is 0.264. The van der Waals surface area contributed by atoms with E-state index in [0.29, 0.717) is 19.6 Å². The molecule has 2 unspecified atom stereocenters. The lowest BCUT2D eigenvalue weighted by Crippen LogP contribution is -2.58. The van der Waals surface area contributed by atoms with Gasteiger partial charge in [0.1, 0.15) is 6.04 Å². The smallest absolute Gasteiger partial charge is 0.310 e. The van der Waals surface area contributed by atoms with Gasteiger partial charge in [-0.3, -0.25) is 14.4 Å². The third-order valence-corrected chi connectivity index (χ3v) is 9.21. The summed E-state index contributed by atoms with van der Waals surface area (Å²) in [4.78, 5) is 44.1. The van der Waals surface area contributed by atoms with Gasteiger partial charge in [-0.25, -0.2) is 0 Å². The Hall–Kier alpha value is -1.80. The number of carbonyl (C=O) groups excluding carboxylic acids is 3. The van der Waals surface area contributed by atoms with E-state index in [4.69, 9.17) is 4.74 Å². The van der Waals surface area contributed by atoms with Crippen LogP contribution >= 0.6 is 11.8 Å². The summed E-state index contributed by atoms with van der Waals surface area (Å²) >= 11 is 1.62. The van der Waals surface area contributed by atoms with E-state index < -0.39 is 28.7 Å². The molecule has 33 heavy (non-hydrogen) atoms. The Morgan fingerprint density at radius 1 is 1.30 bits per heavy atom. The number of nitrogens with zero attached hydrogens (tertiary/aromatic N) is 2. The second-order valence-corrected chi connectivity index (χ2v) is 11.3. The van der Waals surface area contributed by atoms with Crippen molar-refractivity contribution in [3.05, 3.63) is 25.3 Å². The number of hydrogen-bond donors (Lipinski definition) is 1. The lowest BCUT2D eigenvalue weighted by molar-refractivity contribution is -0.154. The van der Waals surface area contributed by atoms with Gasteiger partial charge in [0, 0.05) is 17.8 Å². The highest BCUT2D eigenvalue weighted by atomic mass is 32.2. The SMILES string of the molecule is C=CCCCCOC(=O)[C@@H]1[C@@H]2CCC3(S2)C(C(=O)N(CC=C)C(C)C)N([C@H](C)CO)C(=O)[C@H]13. The average Bonchev–Trinajstić information content (AvgIpc) is 3.43. The molecule has 2 bridgehead atoms. The predicted molar refractivity (Wildman–Crippen MR) is 130 cm³/mol. The lowest BCUT2D eigenvalue weighted by atomic mass is 9.71. The fourth-order valence-electron chi connectivity index (χ4n) is 5.71. The highest BCUT2D eigenvalue weighted by Gasteiger charge is 2.74. The molecule has 6 atom stereocenters. The number of unbranched alkanes of at least 4 members (excludes halogenated alkanes) is 2. The molecule has 0 aromatic heterocycles. The van der Waals surface area contributed by atoms with E-state index in [2.05, 4.69) is 13.2 Å². The summed E-state index contributed by atoms with van der Waals surface area (Å²) in [6.07, 6.45) is 7.54. The van der Waals surface area contributed by atoms with Crippen LogP contribution in [0.1, 0.15) is 52.9 Å². The number of carbonyl (C=O) groups is 3. The van der Waals surface area contributed by atoms with Crippen molar-refractivity contribution in [2.45, 2.75) is 81.0 Å². The van der Waals surface area contributed by atoms with E-state index in [1.807, 2.05) is 19.9 Å². The summed E-state index contributed by atoms with van der Waals surface area (Å²) in [5.74, 6) is -1.81. The number of fused-ring (bicyclic) bond motifs is 1. The number of ether oxygens (including phenoxy) is 1. The summed E-state index contributed by atoms with van der Waals surface area (Å²) in [5.41, 5.74) is 0. The second kappa shape index (κ2) is 10.6. The Morgan fingerprint density at radius 3 is 2.64 bits per heavy atom. The Balaban J connectivity index is 1.91. The number of esters is 1. The summed E-state index contributed by atoms with van der Waals surface area (Å²) in [6, 6.07) is -1.29. The van der Waals surface area contributed by atoms with Gasteiger partial charge in [-0.2, -0.15) is 0 Å². The van der Waals surface area contributed by atoms with E-state index in [1.54, 1.807) is 34.6 Å². The van der Waals surface area contributed by atoms with Crippen molar-refractivity contribution in [1.82, 2.24) is 9.80 Å². The van der Waals surface area contributed by atoms with Gasteiger partial charge in [0.2, 0.25) is 11.8 Å². The van der Waals surface area contributed by atoms with Gasteiger partial charge in [0.05, 0.1) is 35.8 Å². The van der Waals surface area contributed by atoms with E-state index in [9.17, 15) is 19.5 Å². The zero-order valence-electron chi connectivity index (χ0n) is 20.1. The molecule has 0 aromatic carbocycles. The van der Waals surface area contributed by atoms with Gasteiger partial charge in [0.15, 0.2) is 0 Å². The van der Waals surface area contributed by atoms with Crippen LogP contribution in [-0.4, -0.2) is 80.6 Å². The van der Waals surface area contributed by atoms with Crippen molar-refractivity contribution in [2.24, 2.45) is 11.8 Å². The summed E-state index contributed by atoms with van der Waals surface area (Å²) < 4.78 is 4.94. The fraction of sp³-hybridized carbons (Fsp3) is 0.720. The first-order valence-electron chi connectivity index (χ1n) is 12.0. The van der Waals surface area contributed by atoms with Crippen LogP contribution in [0.25, 0.3) is 0 Å². The van der Waals surface area contributed by atoms with Crippen LogP contribution in [0.15, 0.2) is 25.3 Å². The molecule has 1 spiro atoms. The van der Waals surface area contributed by atoms with E-state index in [1.165, 1.54) is 0 Å². The molecular formula is C25H38N2O5S. The molecule has 0 radical (unpaired) electrons. The molecule has 0 saturated carbocycles. The highest BCUT2D eigenvalue weighted by Crippen LogP contribution is 2.66. The molecule has 8 heteroatoms. The predicted octanol–water partition coefficient (Wildman–Crippen LogP) is 2.78. The molecule has 1 N–H and O–H groups in total. The van der Waals surface area contributed by atoms with Crippen LogP contribution in [0.4, 0.5) is 0 Å². The van der Waals surface area contributed by atoms with Gasteiger partial charge in [0.25, 0.3) is 0 Å². The second-order valence-electron chi connectivity index (χ2n) is 9.66. The van der Waals surface area contributed by atoms with Crippen LogP contribution < -0.4 is 0 Å². The maximum Gasteiger partial charge on any atom is 0.310 e. The number of hydrogen-bond acceptors (Lipinski definition) is 6. The monoisotopic (exact) mass is 478 g/mol. The summed E-state index contributed by atoms with van der Waals surface area (Å²) in [6.45, 7) is 13.6. The first-order valence-corrected chi connectivity index (χ1v) is 12.9. The van der Waals surface area contributed by atoms with Crippen molar-refractivity contribution in [2.75, 3.05) is 19.8 Å². The minimum Gasteiger partial charge on any atom is -0.465 e. The van der Waals surface area contributed by atoms with Crippen LogP contribution in [0.3, 0.4) is 0 Å². The normalized spacial score (nSPS) is 30.9. The van der Waals surface area contributed by atoms with Crippen molar-refractivity contribution < 1.29 is 24.2 Å². The highest BCUT2D eigenvalue weighted by molar-refractivity contribution is 8.02. The number of rotatable bonds is 12. The Morgan fingerprint density at radius 2 is 2.03 bits per heavy atom. The number of amides is 2. The lowest BCUT2D eigenvalue weighted by Gasteiger charge is -2.40. The van der Waals surface area contributed by atoms with Gasteiger partial charge in [-0.1, -0.05) is 12.2 Å². The molecule has 2 amide bonds. The van der Waals surface area contributed by atoms with Gasteiger partial charge in [-0.05, 0) is 52.9 Å². The first-order chi connectivity index (χ1) is 15.7. The molecule has 3 heterocycles. The van der Waals surface area contributed by atoms with Gasteiger partial charge < -0.3 is 19.6 Å². The standard InChI is InChI=1S/C25H38N2O5S/c1-6-8-9-10-14-32-24(31)19-18-11-12-25(33-18)20(19)22(29)27(17(5)15-28)21(25)23(30)26(13-7-2)16(3)4/h6-7,16-21,28H,1-2,8-15H2,3-5H3/t17-,18+,19-,20+,21?,25?/m1/s1. The van der Waals surface area contributed by atoms with Crippen LogP contribution in [0.2, 0.25) is 0 Å².